The highest BCUT2D eigenvalue weighted by Crippen LogP contribution is 2.26. The summed E-state index contributed by atoms with van der Waals surface area (Å²) in [5, 5.41) is 5.88. The first kappa shape index (κ1) is 20.5. The molecule has 26 heavy (non-hydrogen) atoms. The summed E-state index contributed by atoms with van der Waals surface area (Å²) < 4.78 is 4.93. The summed E-state index contributed by atoms with van der Waals surface area (Å²) in [6.45, 7) is 6.07. The van der Waals surface area contributed by atoms with Crippen molar-refractivity contribution in [1.29, 1.82) is 0 Å². The smallest absolute Gasteiger partial charge is 0.357 e. The second kappa shape index (κ2) is 9.21. The third-order valence-electron chi connectivity index (χ3n) is 3.40. The van der Waals surface area contributed by atoms with Crippen molar-refractivity contribution in [3.05, 3.63) is 44.3 Å². The Morgan fingerprint density at radius 1 is 1.35 bits per heavy atom. The van der Waals surface area contributed by atoms with Crippen LogP contribution in [0.3, 0.4) is 0 Å². The van der Waals surface area contributed by atoms with Crippen LogP contribution in [0.25, 0.3) is 0 Å². The van der Waals surface area contributed by atoms with Crippen LogP contribution in [0, 0.1) is 0 Å². The molecule has 0 bridgehead atoms. The van der Waals surface area contributed by atoms with Crippen molar-refractivity contribution >= 4 is 52.2 Å². The van der Waals surface area contributed by atoms with Crippen molar-refractivity contribution in [2.75, 3.05) is 11.9 Å². The maximum Gasteiger partial charge on any atom is 0.357 e. The Hall–Kier alpha value is -1.83. The fourth-order valence-corrected chi connectivity index (χ4v) is 3.31. The van der Waals surface area contributed by atoms with E-state index in [2.05, 4.69) is 10.3 Å². The molecule has 0 aliphatic rings. The highest BCUT2D eigenvalue weighted by atomic mass is 35.5. The van der Waals surface area contributed by atoms with E-state index in [9.17, 15) is 9.59 Å². The molecule has 2 aromatic rings. The molecule has 0 saturated heterocycles. The summed E-state index contributed by atoms with van der Waals surface area (Å²) in [7, 11) is 0. The molecule has 0 atom stereocenters. The van der Waals surface area contributed by atoms with Gasteiger partial charge in [-0.05, 0) is 39.0 Å². The first-order chi connectivity index (χ1) is 12.3. The standard InChI is InChI=1S/C17H19Cl2N3O3S/c1-4-25-16(23)14-9-26-15(20-14)8-22(10(2)3)17(24)21-13-6-5-11(18)7-12(13)19/h5-7,9-10H,4,8H2,1-3H3,(H,21,24). The van der Waals surface area contributed by atoms with Crippen LogP contribution in [-0.4, -0.2) is 34.5 Å². The van der Waals surface area contributed by atoms with Gasteiger partial charge in [-0.3, -0.25) is 0 Å². The molecule has 0 saturated carbocycles. The van der Waals surface area contributed by atoms with Crippen LogP contribution >= 0.6 is 34.5 Å². The molecule has 2 rings (SSSR count). The number of amides is 2. The number of nitrogens with one attached hydrogen (secondary N) is 1. The van der Waals surface area contributed by atoms with Gasteiger partial charge in [-0.15, -0.1) is 11.3 Å². The van der Waals surface area contributed by atoms with Crippen molar-refractivity contribution in [2.45, 2.75) is 33.4 Å². The number of carbonyl (C=O) groups is 2. The molecule has 140 valence electrons. The van der Waals surface area contributed by atoms with Gasteiger partial charge < -0.3 is 15.0 Å². The zero-order valence-corrected chi connectivity index (χ0v) is 16.9. The number of carbonyl (C=O) groups excluding carboxylic acids is 2. The average molecular weight is 416 g/mol. The molecule has 0 unspecified atom stereocenters. The third kappa shape index (κ3) is 5.33. The predicted octanol–water partition coefficient (Wildman–Crippen LogP) is 5.07. The molecule has 2 amide bonds. The van der Waals surface area contributed by atoms with E-state index in [0.717, 1.165) is 0 Å². The number of ether oxygens (including phenoxy) is 1. The lowest BCUT2D eigenvalue weighted by Gasteiger charge is -2.26. The van der Waals surface area contributed by atoms with Gasteiger partial charge in [0.15, 0.2) is 5.69 Å². The van der Waals surface area contributed by atoms with Crippen molar-refractivity contribution in [3.63, 3.8) is 0 Å². The largest absolute Gasteiger partial charge is 0.461 e. The maximum atomic E-state index is 12.6. The zero-order chi connectivity index (χ0) is 19.3. The molecule has 1 heterocycles. The number of hydrogen-bond acceptors (Lipinski definition) is 5. The fourth-order valence-electron chi connectivity index (χ4n) is 2.09. The molecule has 0 aliphatic heterocycles. The van der Waals surface area contributed by atoms with Crippen LogP contribution in [-0.2, 0) is 11.3 Å². The van der Waals surface area contributed by atoms with Crippen molar-refractivity contribution in [3.8, 4) is 0 Å². The van der Waals surface area contributed by atoms with Gasteiger partial charge >= 0.3 is 12.0 Å². The SMILES string of the molecule is CCOC(=O)c1csc(CN(C(=O)Nc2ccc(Cl)cc2Cl)C(C)C)n1. The number of benzene rings is 1. The predicted molar refractivity (Wildman–Crippen MR) is 104 cm³/mol. The van der Waals surface area contributed by atoms with E-state index in [0.29, 0.717) is 20.7 Å². The minimum absolute atomic E-state index is 0.0870. The summed E-state index contributed by atoms with van der Waals surface area (Å²) >= 11 is 13.3. The Bertz CT molecular complexity index is 795. The Labute approximate surface area is 166 Å². The summed E-state index contributed by atoms with van der Waals surface area (Å²) in [5.74, 6) is -0.469. The molecule has 1 aromatic carbocycles. The van der Waals surface area contributed by atoms with Gasteiger partial charge in [0.2, 0.25) is 0 Å². The first-order valence-electron chi connectivity index (χ1n) is 7.96. The van der Waals surface area contributed by atoms with E-state index in [1.54, 1.807) is 35.4 Å². The Morgan fingerprint density at radius 3 is 2.69 bits per heavy atom. The highest BCUT2D eigenvalue weighted by molar-refractivity contribution is 7.09. The third-order valence-corrected chi connectivity index (χ3v) is 4.78. The van der Waals surface area contributed by atoms with Crippen LogP contribution in [0.15, 0.2) is 23.6 Å². The molecule has 0 fully saturated rings. The molecule has 9 heteroatoms. The minimum Gasteiger partial charge on any atom is -0.461 e. The second-order valence-corrected chi connectivity index (χ2v) is 7.41. The summed E-state index contributed by atoms with van der Waals surface area (Å²) in [6.07, 6.45) is 0. The minimum atomic E-state index is -0.469. The maximum absolute atomic E-state index is 12.6. The number of aromatic nitrogens is 1. The number of esters is 1. The van der Waals surface area contributed by atoms with Crippen LogP contribution in [0.5, 0.6) is 0 Å². The normalized spacial score (nSPS) is 10.7. The molecule has 0 radical (unpaired) electrons. The molecule has 1 aromatic heterocycles. The zero-order valence-electron chi connectivity index (χ0n) is 14.6. The summed E-state index contributed by atoms with van der Waals surface area (Å²) in [4.78, 5) is 30.2. The summed E-state index contributed by atoms with van der Waals surface area (Å²) in [6, 6.07) is 4.44. The van der Waals surface area contributed by atoms with Gasteiger partial charge in [0, 0.05) is 16.4 Å². The number of thiazole rings is 1. The molecule has 1 N–H and O–H groups in total. The lowest BCUT2D eigenvalue weighted by molar-refractivity contribution is 0.0520. The van der Waals surface area contributed by atoms with E-state index in [1.807, 2.05) is 13.8 Å². The van der Waals surface area contributed by atoms with Crippen molar-refractivity contribution in [1.82, 2.24) is 9.88 Å². The Kier molecular flexibility index (Phi) is 7.25. The van der Waals surface area contributed by atoms with Crippen molar-refractivity contribution in [2.24, 2.45) is 0 Å². The van der Waals surface area contributed by atoms with Crippen molar-refractivity contribution < 1.29 is 14.3 Å². The van der Waals surface area contributed by atoms with E-state index in [4.69, 9.17) is 27.9 Å². The fraction of sp³-hybridized carbons (Fsp3) is 0.353. The lowest BCUT2D eigenvalue weighted by Crippen LogP contribution is -2.39. The Morgan fingerprint density at radius 2 is 2.08 bits per heavy atom. The number of rotatable bonds is 6. The monoisotopic (exact) mass is 415 g/mol. The number of hydrogen-bond donors (Lipinski definition) is 1. The quantitative estimate of drug-likeness (QED) is 0.668. The average Bonchev–Trinajstić information content (AvgIpc) is 3.04. The van der Waals surface area contributed by atoms with Crippen LogP contribution in [0.2, 0.25) is 10.0 Å². The van der Waals surface area contributed by atoms with Crippen LogP contribution in [0.4, 0.5) is 10.5 Å². The number of nitrogens with zero attached hydrogens (tertiary/aromatic N) is 2. The number of urea groups is 1. The second-order valence-electron chi connectivity index (χ2n) is 5.62. The van der Waals surface area contributed by atoms with E-state index in [-0.39, 0.29) is 30.9 Å². The molecule has 0 aliphatic carbocycles. The van der Waals surface area contributed by atoms with Gasteiger partial charge in [0.05, 0.1) is 23.9 Å². The van der Waals surface area contributed by atoms with Gasteiger partial charge in [0.25, 0.3) is 0 Å². The van der Waals surface area contributed by atoms with E-state index in [1.165, 1.54) is 11.3 Å². The number of anilines is 1. The van der Waals surface area contributed by atoms with E-state index >= 15 is 0 Å². The Balaban J connectivity index is 2.10. The van der Waals surface area contributed by atoms with Crippen LogP contribution in [0.1, 0.15) is 36.3 Å². The molecule has 6 nitrogen and oxygen atoms in total. The van der Waals surface area contributed by atoms with Gasteiger partial charge in [-0.2, -0.15) is 0 Å². The van der Waals surface area contributed by atoms with Gasteiger partial charge in [0.1, 0.15) is 5.01 Å². The van der Waals surface area contributed by atoms with Gasteiger partial charge in [-0.25, -0.2) is 14.6 Å². The number of halogens is 2. The van der Waals surface area contributed by atoms with Gasteiger partial charge in [-0.1, -0.05) is 23.2 Å². The summed E-state index contributed by atoms with van der Waals surface area (Å²) in [5.41, 5.74) is 0.717. The molecular weight excluding hydrogens is 397 g/mol. The lowest BCUT2D eigenvalue weighted by atomic mass is 10.3. The highest BCUT2D eigenvalue weighted by Gasteiger charge is 2.21. The topological polar surface area (TPSA) is 71.5 Å². The van der Waals surface area contributed by atoms with Crippen LogP contribution < -0.4 is 5.32 Å². The van der Waals surface area contributed by atoms with E-state index < -0.39 is 5.97 Å². The molecule has 0 spiro atoms. The molecular formula is C17H19Cl2N3O3S. The first-order valence-corrected chi connectivity index (χ1v) is 9.59.